The largest absolute Gasteiger partial charge is 0.445 e. The molecule has 1 N–H and O–H groups in total. The highest BCUT2D eigenvalue weighted by Gasteiger charge is 2.35. The minimum Gasteiger partial charge on any atom is -0.445 e. The fourth-order valence-corrected chi connectivity index (χ4v) is 3.84. The van der Waals surface area contributed by atoms with Crippen LogP contribution in [0, 0.1) is 0 Å². The fraction of sp³-hybridized carbons (Fsp3) is 0.296. The van der Waals surface area contributed by atoms with Gasteiger partial charge in [0.25, 0.3) is 0 Å². The van der Waals surface area contributed by atoms with Crippen LogP contribution in [0.4, 0.5) is 4.79 Å². The van der Waals surface area contributed by atoms with Gasteiger partial charge in [-0.2, -0.15) is 0 Å². The molecule has 1 heterocycles. The molecule has 1 fully saturated rings. The maximum Gasteiger partial charge on any atom is 0.410 e. The predicted octanol–water partition coefficient (Wildman–Crippen LogP) is 4.59. The van der Waals surface area contributed by atoms with Crippen LogP contribution in [0.25, 0.3) is 0 Å². The van der Waals surface area contributed by atoms with Crippen LogP contribution < -0.4 is 0 Å². The van der Waals surface area contributed by atoms with Crippen LogP contribution in [-0.2, 0) is 29.0 Å². The SMILES string of the molecule is O=C(OCc1ccccc1)N(Cc1ccccc1)[C@@H](Cc1ccccc1)[C@H](O)C[C@H]1CO1. The monoisotopic (exact) mass is 431 g/mol. The summed E-state index contributed by atoms with van der Waals surface area (Å²) in [7, 11) is 0. The predicted molar refractivity (Wildman–Crippen MR) is 123 cm³/mol. The molecule has 0 bridgehead atoms. The Morgan fingerprint density at radius 2 is 1.44 bits per heavy atom. The Bertz CT molecular complexity index is 961. The zero-order valence-corrected chi connectivity index (χ0v) is 18.0. The average molecular weight is 432 g/mol. The summed E-state index contributed by atoms with van der Waals surface area (Å²) in [5.41, 5.74) is 2.96. The van der Waals surface area contributed by atoms with Crippen molar-refractivity contribution in [1.82, 2.24) is 4.90 Å². The first kappa shape index (κ1) is 22.1. The molecular formula is C27H29NO4. The number of nitrogens with zero attached hydrogens (tertiary/aromatic N) is 1. The van der Waals surface area contributed by atoms with Crippen molar-refractivity contribution in [2.75, 3.05) is 6.61 Å². The van der Waals surface area contributed by atoms with Crippen LogP contribution in [0.1, 0.15) is 23.1 Å². The number of epoxide rings is 1. The van der Waals surface area contributed by atoms with E-state index in [-0.39, 0.29) is 12.7 Å². The summed E-state index contributed by atoms with van der Waals surface area (Å²) in [6.07, 6.45) is -0.0798. The van der Waals surface area contributed by atoms with Crippen LogP contribution in [-0.4, -0.2) is 41.0 Å². The first-order valence-electron chi connectivity index (χ1n) is 11.0. The summed E-state index contributed by atoms with van der Waals surface area (Å²) >= 11 is 0. The standard InChI is InChI=1S/C27H29NO4/c29-26(17-24-20-31-24)25(16-21-10-4-1-5-11-21)28(18-22-12-6-2-7-13-22)27(30)32-19-23-14-8-3-9-15-23/h1-15,24-26,29H,16-20H2/t24-,25-,26+/m0/s1. The Labute approximate surface area is 189 Å². The molecule has 4 rings (SSSR count). The molecule has 0 aliphatic carbocycles. The number of rotatable bonds is 10. The van der Waals surface area contributed by atoms with Crippen molar-refractivity contribution in [2.24, 2.45) is 0 Å². The van der Waals surface area contributed by atoms with Gasteiger partial charge in [-0.1, -0.05) is 91.0 Å². The molecule has 0 saturated carbocycles. The van der Waals surface area contributed by atoms with Gasteiger partial charge in [0, 0.05) is 13.0 Å². The number of benzene rings is 3. The third-order valence-electron chi connectivity index (χ3n) is 5.67. The Kier molecular flexibility index (Phi) is 7.54. The molecule has 1 aliphatic heterocycles. The van der Waals surface area contributed by atoms with Gasteiger partial charge in [-0.15, -0.1) is 0 Å². The Balaban J connectivity index is 1.57. The number of aliphatic hydroxyl groups excluding tert-OH is 1. The zero-order valence-electron chi connectivity index (χ0n) is 18.0. The molecule has 1 amide bonds. The Hall–Kier alpha value is -3.15. The lowest BCUT2D eigenvalue weighted by Gasteiger charge is -2.34. The highest BCUT2D eigenvalue weighted by molar-refractivity contribution is 5.68. The van der Waals surface area contributed by atoms with Crippen LogP contribution in [0.3, 0.4) is 0 Å². The molecule has 0 unspecified atom stereocenters. The van der Waals surface area contributed by atoms with Crippen molar-refractivity contribution in [2.45, 2.75) is 44.2 Å². The fourth-order valence-electron chi connectivity index (χ4n) is 3.84. The minimum atomic E-state index is -0.726. The quantitative estimate of drug-likeness (QED) is 0.477. The minimum absolute atomic E-state index is 0.0576. The molecule has 1 aliphatic rings. The van der Waals surface area contributed by atoms with Crippen LogP contribution in [0.15, 0.2) is 91.0 Å². The van der Waals surface area contributed by atoms with Crippen LogP contribution in [0.5, 0.6) is 0 Å². The van der Waals surface area contributed by atoms with E-state index in [2.05, 4.69) is 0 Å². The van der Waals surface area contributed by atoms with Crippen molar-refractivity contribution in [3.05, 3.63) is 108 Å². The summed E-state index contributed by atoms with van der Waals surface area (Å²) in [5.74, 6) is 0. The molecular weight excluding hydrogens is 402 g/mol. The van der Waals surface area contributed by atoms with Gasteiger partial charge in [-0.05, 0) is 23.1 Å². The highest BCUT2D eigenvalue weighted by Crippen LogP contribution is 2.24. The molecule has 166 valence electrons. The third-order valence-corrected chi connectivity index (χ3v) is 5.67. The number of hydrogen-bond donors (Lipinski definition) is 1. The smallest absolute Gasteiger partial charge is 0.410 e. The first-order chi connectivity index (χ1) is 15.7. The van der Waals surface area contributed by atoms with Crippen molar-refractivity contribution in [3.63, 3.8) is 0 Å². The molecule has 0 radical (unpaired) electrons. The summed E-state index contributed by atoms with van der Waals surface area (Å²) in [6.45, 7) is 1.20. The molecule has 1 saturated heterocycles. The number of ether oxygens (including phenoxy) is 2. The van der Waals surface area contributed by atoms with E-state index in [4.69, 9.17) is 9.47 Å². The molecule has 0 aromatic heterocycles. The van der Waals surface area contributed by atoms with Crippen molar-refractivity contribution in [3.8, 4) is 0 Å². The van der Waals surface area contributed by atoms with Crippen molar-refractivity contribution >= 4 is 6.09 Å². The lowest BCUT2D eigenvalue weighted by molar-refractivity contribution is 0.0206. The second kappa shape index (κ2) is 10.9. The summed E-state index contributed by atoms with van der Waals surface area (Å²) in [5, 5.41) is 11.1. The van der Waals surface area contributed by atoms with E-state index in [9.17, 15) is 9.90 Å². The zero-order chi connectivity index (χ0) is 22.2. The number of hydrogen-bond acceptors (Lipinski definition) is 4. The molecule has 3 aromatic rings. The Morgan fingerprint density at radius 1 is 0.906 bits per heavy atom. The van der Waals surface area contributed by atoms with E-state index >= 15 is 0 Å². The van der Waals surface area contributed by atoms with Gasteiger partial charge >= 0.3 is 6.09 Å². The van der Waals surface area contributed by atoms with Gasteiger partial charge < -0.3 is 14.6 Å². The van der Waals surface area contributed by atoms with Gasteiger partial charge in [0.1, 0.15) is 6.61 Å². The van der Waals surface area contributed by atoms with Crippen molar-refractivity contribution in [1.29, 1.82) is 0 Å². The van der Waals surface area contributed by atoms with Gasteiger partial charge in [0.2, 0.25) is 0 Å². The van der Waals surface area contributed by atoms with Gasteiger partial charge in [-0.3, -0.25) is 4.90 Å². The number of carbonyl (C=O) groups is 1. The Morgan fingerprint density at radius 3 is 2.00 bits per heavy atom. The summed E-state index contributed by atoms with van der Waals surface area (Å²) in [6, 6.07) is 28.9. The van der Waals surface area contributed by atoms with E-state index in [0.717, 1.165) is 16.7 Å². The molecule has 0 spiro atoms. The molecule has 3 atom stereocenters. The summed E-state index contributed by atoms with van der Waals surface area (Å²) in [4.78, 5) is 15.0. The summed E-state index contributed by atoms with van der Waals surface area (Å²) < 4.78 is 11.0. The average Bonchev–Trinajstić information content (AvgIpc) is 3.65. The van der Waals surface area contributed by atoms with Gasteiger partial charge in [0.05, 0.1) is 24.9 Å². The second-order valence-corrected chi connectivity index (χ2v) is 8.17. The lowest BCUT2D eigenvalue weighted by atomic mass is 9.96. The molecule has 5 nitrogen and oxygen atoms in total. The lowest BCUT2D eigenvalue weighted by Crippen LogP contribution is -2.48. The van der Waals surface area contributed by atoms with E-state index in [0.29, 0.717) is 26.0 Å². The third kappa shape index (κ3) is 6.42. The van der Waals surface area contributed by atoms with E-state index in [1.165, 1.54) is 0 Å². The van der Waals surface area contributed by atoms with Crippen LogP contribution in [0.2, 0.25) is 0 Å². The second-order valence-electron chi connectivity index (χ2n) is 8.17. The highest BCUT2D eigenvalue weighted by atomic mass is 16.6. The maximum absolute atomic E-state index is 13.3. The van der Waals surface area contributed by atoms with Gasteiger partial charge in [-0.25, -0.2) is 4.79 Å². The van der Waals surface area contributed by atoms with Crippen LogP contribution >= 0.6 is 0 Å². The molecule has 3 aromatic carbocycles. The van der Waals surface area contributed by atoms with E-state index in [1.807, 2.05) is 91.0 Å². The first-order valence-corrected chi connectivity index (χ1v) is 11.0. The number of amides is 1. The normalized spacial score (nSPS) is 16.7. The number of carbonyl (C=O) groups excluding carboxylic acids is 1. The molecule has 32 heavy (non-hydrogen) atoms. The van der Waals surface area contributed by atoms with E-state index in [1.54, 1.807) is 4.90 Å². The topological polar surface area (TPSA) is 62.3 Å². The van der Waals surface area contributed by atoms with Gasteiger partial charge in [0.15, 0.2) is 0 Å². The van der Waals surface area contributed by atoms with Crippen molar-refractivity contribution < 1.29 is 19.4 Å². The molecule has 5 heteroatoms. The van der Waals surface area contributed by atoms with E-state index < -0.39 is 18.2 Å². The maximum atomic E-state index is 13.3. The number of aliphatic hydroxyl groups is 1.